The zero-order valence-electron chi connectivity index (χ0n) is 10.6. The molecule has 20 heavy (non-hydrogen) atoms. The first-order valence-corrected chi connectivity index (χ1v) is 7.01. The maximum absolute atomic E-state index is 12.1. The van der Waals surface area contributed by atoms with Crippen LogP contribution in [0.25, 0.3) is 0 Å². The van der Waals surface area contributed by atoms with E-state index in [-0.39, 0.29) is 33.2 Å². The van der Waals surface area contributed by atoms with Gasteiger partial charge in [-0.15, -0.1) is 0 Å². The van der Waals surface area contributed by atoms with Crippen LogP contribution in [0.3, 0.4) is 0 Å². The summed E-state index contributed by atoms with van der Waals surface area (Å²) in [5.74, 6) is -1.47. The molecule has 5 nitrogen and oxygen atoms in total. The van der Waals surface area contributed by atoms with Crippen LogP contribution in [0.4, 0.5) is 5.69 Å². The Bertz CT molecular complexity index is 543. The lowest BCUT2D eigenvalue weighted by Crippen LogP contribution is -2.43. The molecule has 1 fully saturated rings. The van der Waals surface area contributed by atoms with E-state index in [4.69, 9.17) is 28.3 Å². The number of carbonyl (C=O) groups is 2. The molecule has 1 atom stereocenters. The molecular weight excluding hydrogens is 303 g/mol. The number of hydrogen-bond donors (Lipinski definition) is 3. The van der Waals surface area contributed by atoms with E-state index in [1.807, 2.05) is 0 Å². The van der Waals surface area contributed by atoms with Gasteiger partial charge in [0.2, 0.25) is 5.91 Å². The smallest absolute Gasteiger partial charge is 0.337 e. The van der Waals surface area contributed by atoms with Crippen molar-refractivity contribution in [1.82, 2.24) is 5.32 Å². The first kappa shape index (κ1) is 15.1. The van der Waals surface area contributed by atoms with E-state index in [9.17, 15) is 9.59 Å². The van der Waals surface area contributed by atoms with E-state index in [0.717, 1.165) is 25.8 Å². The van der Waals surface area contributed by atoms with Crippen molar-refractivity contribution < 1.29 is 14.7 Å². The van der Waals surface area contributed by atoms with Crippen molar-refractivity contribution in [3.63, 3.8) is 0 Å². The molecule has 0 aromatic heterocycles. The van der Waals surface area contributed by atoms with Crippen molar-refractivity contribution >= 4 is 40.8 Å². The Morgan fingerprint density at radius 2 is 2.05 bits per heavy atom. The average molecular weight is 317 g/mol. The molecule has 0 spiro atoms. The van der Waals surface area contributed by atoms with Crippen LogP contribution in [0.1, 0.15) is 29.6 Å². The average Bonchev–Trinajstić information content (AvgIpc) is 2.42. The second-order valence-electron chi connectivity index (χ2n) is 4.61. The lowest BCUT2D eigenvalue weighted by Gasteiger charge is -2.23. The second-order valence-corrected chi connectivity index (χ2v) is 5.45. The molecule has 0 bridgehead atoms. The van der Waals surface area contributed by atoms with Crippen LogP contribution in [0.2, 0.25) is 10.0 Å². The molecule has 0 radical (unpaired) electrons. The molecule has 0 saturated carbocycles. The van der Waals surface area contributed by atoms with E-state index >= 15 is 0 Å². The van der Waals surface area contributed by atoms with Crippen molar-refractivity contribution in [3.05, 3.63) is 27.7 Å². The van der Waals surface area contributed by atoms with Gasteiger partial charge in [0, 0.05) is 5.02 Å². The predicted octanol–water partition coefficient (Wildman–Crippen LogP) is 2.77. The molecule has 1 aromatic carbocycles. The van der Waals surface area contributed by atoms with Gasteiger partial charge in [-0.2, -0.15) is 0 Å². The molecule has 3 N–H and O–H groups in total. The molecule has 2 rings (SSSR count). The lowest BCUT2D eigenvalue weighted by molar-refractivity contribution is -0.118. The van der Waals surface area contributed by atoms with Gasteiger partial charge in [-0.3, -0.25) is 4.79 Å². The van der Waals surface area contributed by atoms with Crippen molar-refractivity contribution in [2.45, 2.75) is 25.3 Å². The Morgan fingerprint density at radius 3 is 2.65 bits per heavy atom. The third kappa shape index (κ3) is 3.42. The molecule has 1 saturated heterocycles. The first-order valence-electron chi connectivity index (χ1n) is 6.25. The van der Waals surface area contributed by atoms with Crippen molar-refractivity contribution in [2.75, 3.05) is 11.9 Å². The standard InChI is InChI=1S/C13H14Cl2N2O3/c14-7-5-8(13(19)20)11(9(15)6-7)17-12(18)10-3-1-2-4-16-10/h5-6,10,16H,1-4H2,(H,17,18)(H,19,20)/t10-/m1/s1. The summed E-state index contributed by atoms with van der Waals surface area (Å²) in [6.45, 7) is 0.776. The number of carboxylic acid groups (broad SMARTS) is 1. The van der Waals surface area contributed by atoms with Gasteiger partial charge in [0.15, 0.2) is 0 Å². The number of aromatic carboxylic acids is 1. The van der Waals surface area contributed by atoms with Gasteiger partial charge in [-0.1, -0.05) is 29.6 Å². The summed E-state index contributed by atoms with van der Waals surface area (Å²) in [5, 5.41) is 15.1. The number of piperidine rings is 1. The molecule has 7 heteroatoms. The number of rotatable bonds is 3. The summed E-state index contributed by atoms with van der Waals surface area (Å²) < 4.78 is 0. The minimum atomic E-state index is -1.19. The zero-order chi connectivity index (χ0) is 14.7. The molecule has 1 amide bonds. The number of carboxylic acids is 1. The minimum absolute atomic E-state index is 0.0842. The second kappa shape index (κ2) is 6.43. The molecule has 0 unspecified atom stereocenters. The SMILES string of the molecule is O=C(O)c1cc(Cl)cc(Cl)c1NC(=O)[C@H]1CCCCN1. The molecule has 1 aliphatic heterocycles. The summed E-state index contributed by atoms with van der Waals surface area (Å²) >= 11 is 11.8. The van der Waals surface area contributed by atoms with Crippen LogP contribution >= 0.6 is 23.2 Å². The number of halogens is 2. The van der Waals surface area contributed by atoms with Crippen molar-refractivity contribution in [2.24, 2.45) is 0 Å². The summed E-state index contributed by atoms with van der Waals surface area (Å²) in [5.41, 5.74) is -0.0346. The number of nitrogens with one attached hydrogen (secondary N) is 2. The van der Waals surface area contributed by atoms with Crippen LogP contribution in [0.15, 0.2) is 12.1 Å². The highest BCUT2D eigenvalue weighted by Gasteiger charge is 2.23. The minimum Gasteiger partial charge on any atom is -0.478 e. The van der Waals surface area contributed by atoms with Crippen LogP contribution < -0.4 is 10.6 Å². The summed E-state index contributed by atoms with van der Waals surface area (Å²) in [4.78, 5) is 23.3. The Kier molecular flexibility index (Phi) is 4.86. The fraction of sp³-hybridized carbons (Fsp3) is 0.385. The largest absolute Gasteiger partial charge is 0.478 e. The molecule has 1 heterocycles. The Balaban J connectivity index is 2.23. The topological polar surface area (TPSA) is 78.4 Å². The predicted molar refractivity (Wildman–Crippen MR) is 77.7 cm³/mol. The molecule has 1 aromatic rings. The maximum Gasteiger partial charge on any atom is 0.337 e. The highest BCUT2D eigenvalue weighted by molar-refractivity contribution is 6.37. The Hall–Kier alpha value is -1.30. The van der Waals surface area contributed by atoms with E-state index in [0.29, 0.717) is 0 Å². The van der Waals surface area contributed by atoms with Gasteiger partial charge in [0.1, 0.15) is 0 Å². The van der Waals surface area contributed by atoms with Crippen molar-refractivity contribution in [3.8, 4) is 0 Å². The van der Waals surface area contributed by atoms with E-state index < -0.39 is 5.97 Å². The lowest BCUT2D eigenvalue weighted by atomic mass is 10.0. The van der Waals surface area contributed by atoms with Gasteiger partial charge in [0.25, 0.3) is 0 Å². The van der Waals surface area contributed by atoms with E-state index in [2.05, 4.69) is 10.6 Å². The number of hydrogen-bond acceptors (Lipinski definition) is 3. The Labute approximate surface area is 126 Å². The van der Waals surface area contributed by atoms with Gasteiger partial charge in [-0.05, 0) is 31.5 Å². The monoisotopic (exact) mass is 316 g/mol. The van der Waals surface area contributed by atoms with Gasteiger partial charge in [-0.25, -0.2) is 4.79 Å². The summed E-state index contributed by atoms with van der Waals surface area (Å²) in [7, 11) is 0. The van der Waals surface area contributed by atoms with Gasteiger partial charge in [0.05, 0.1) is 22.3 Å². The van der Waals surface area contributed by atoms with Crippen LogP contribution in [-0.4, -0.2) is 29.6 Å². The number of amides is 1. The van der Waals surface area contributed by atoms with Gasteiger partial charge >= 0.3 is 5.97 Å². The molecular formula is C13H14Cl2N2O3. The van der Waals surface area contributed by atoms with Crippen LogP contribution in [0, 0.1) is 0 Å². The normalized spacial score (nSPS) is 18.6. The van der Waals surface area contributed by atoms with E-state index in [1.54, 1.807) is 0 Å². The van der Waals surface area contributed by atoms with E-state index in [1.165, 1.54) is 12.1 Å². The maximum atomic E-state index is 12.1. The fourth-order valence-electron chi connectivity index (χ4n) is 2.16. The molecule has 1 aliphatic rings. The molecule has 0 aliphatic carbocycles. The summed E-state index contributed by atoms with van der Waals surface area (Å²) in [6, 6.07) is 2.34. The third-order valence-electron chi connectivity index (χ3n) is 3.16. The number of benzene rings is 1. The number of carbonyl (C=O) groups excluding carboxylic acids is 1. The fourth-order valence-corrected chi connectivity index (χ4v) is 2.70. The van der Waals surface area contributed by atoms with Crippen LogP contribution in [-0.2, 0) is 4.79 Å². The third-order valence-corrected chi connectivity index (χ3v) is 3.68. The summed E-state index contributed by atoms with van der Waals surface area (Å²) in [6.07, 6.45) is 2.72. The highest BCUT2D eigenvalue weighted by Crippen LogP contribution is 2.30. The molecule has 108 valence electrons. The first-order chi connectivity index (χ1) is 9.49. The zero-order valence-corrected chi connectivity index (χ0v) is 12.1. The van der Waals surface area contributed by atoms with Crippen molar-refractivity contribution in [1.29, 1.82) is 0 Å². The van der Waals surface area contributed by atoms with Gasteiger partial charge < -0.3 is 15.7 Å². The van der Waals surface area contributed by atoms with Crippen LogP contribution in [0.5, 0.6) is 0 Å². The Morgan fingerprint density at radius 1 is 1.30 bits per heavy atom. The highest BCUT2D eigenvalue weighted by atomic mass is 35.5. The quantitative estimate of drug-likeness (QED) is 0.801. The number of anilines is 1.